The zero-order valence-electron chi connectivity index (χ0n) is 10.9. The molecule has 0 radical (unpaired) electrons. The summed E-state index contributed by atoms with van der Waals surface area (Å²) in [5.41, 5.74) is 0. The van der Waals surface area contributed by atoms with Crippen LogP contribution in [-0.4, -0.2) is 37.8 Å². The van der Waals surface area contributed by atoms with Gasteiger partial charge in [-0.1, -0.05) is 0 Å². The second-order valence-electron chi connectivity index (χ2n) is 4.09. The summed E-state index contributed by atoms with van der Waals surface area (Å²) in [5, 5.41) is 0. The monoisotopic (exact) mass is 327 g/mol. The number of aryl methyl sites for hydroxylation is 1. The normalized spacial score (nSPS) is 14.1. The second-order valence-corrected chi connectivity index (χ2v) is 8.58. The van der Waals surface area contributed by atoms with Crippen LogP contribution in [0.1, 0.15) is 16.7 Å². The molecular weight excluding hydrogens is 310 g/mol. The van der Waals surface area contributed by atoms with E-state index in [2.05, 4.69) is 0 Å². The third kappa shape index (κ3) is 3.42. The second kappa shape index (κ2) is 6.61. The smallest absolute Gasteiger partial charge is 0.207 e. The standard InChI is InChI=1S/C11H18ClNO2S3/c1-8(7-16-4)13(3)18(14,15)11-5-10(6-12)17-9(11)2/h5,8H,6-7H2,1-4H3. The Morgan fingerprint density at radius 2 is 2.17 bits per heavy atom. The molecule has 1 heterocycles. The van der Waals surface area contributed by atoms with E-state index in [0.717, 1.165) is 15.5 Å². The van der Waals surface area contributed by atoms with Gasteiger partial charge >= 0.3 is 0 Å². The molecule has 104 valence electrons. The van der Waals surface area contributed by atoms with Gasteiger partial charge in [0.2, 0.25) is 10.0 Å². The number of sulfonamides is 1. The Labute approximate surface area is 123 Å². The maximum atomic E-state index is 12.5. The molecule has 1 aromatic heterocycles. The zero-order chi connectivity index (χ0) is 13.9. The zero-order valence-corrected chi connectivity index (χ0v) is 14.1. The molecule has 1 atom stereocenters. The lowest BCUT2D eigenvalue weighted by Crippen LogP contribution is -2.36. The maximum absolute atomic E-state index is 12.5. The molecule has 1 rings (SSSR count). The Morgan fingerprint density at radius 3 is 2.61 bits per heavy atom. The highest BCUT2D eigenvalue weighted by molar-refractivity contribution is 7.98. The molecule has 0 aromatic carbocycles. The fourth-order valence-electron chi connectivity index (χ4n) is 1.58. The molecule has 0 amide bonds. The first-order valence-corrected chi connectivity index (χ1v) is 9.65. The van der Waals surface area contributed by atoms with Crippen molar-refractivity contribution in [1.82, 2.24) is 4.31 Å². The number of rotatable bonds is 6. The molecule has 3 nitrogen and oxygen atoms in total. The Hall–Kier alpha value is 0.250. The van der Waals surface area contributed by atoms with Gasteiger partial charge in [0.05, 0.1) is 10.8 Å². The highest BCUT2D eigenvalue weighted by atomic mass is 35.5. The van der Waals surface area contributed by atoms with Crippen LogP contribution in [-0.2, 0) is 15.9 Å². The summed E-state index contributed by atoms with van der Waals surface area (Å²) < 4.78 is 26.4. The summed E-state index contributed by atoms with van der Waals surface area (Å²) in [4.78, 5) is 2.08. The first-order chi connectivity index (χ1) is 8.34. The summed E-state index contributed by atoms with van der Waals surface area (Å²) in [6.45, 7) is 3.74. The first kappa shape index (κ1) is 16.3. The van der Waals surface area contributed by atoms with Gasteiger partial charge in [-0.25, -0.2) is 8.42 Å². The minimum atomic E-state index is -3.41. The van der Waals surface area contributed by atoms with Crippen molar-refractivity contribution in [3.63, 3.8) is 0 Å². The molecule has 0 aliphatic carbocycles. The predicted octanol–water partition coefficient (Wildman–Crippen LogP) is 3.17. The molecule has 0 N–H and O–H groups in total. The van der Waals surface area contributed by atoms with Gasteiger partial charge in [0, 0.05) is 28.6 Å². The summed E-state index contributed by atoms with van der Waals surface area (Å²) in [6, 6.07) is 1.66. The molecular formula is C11H18ClNO2S3. The van der Waals surface area contributed by atoms with Crippen molar-refractivity contribution in [1.29, 1.82) is 0 Å². The number of alkyl halides is 1. The Morgan fingerprint density at radius 1 is 1.56 bits per heavy atom. The Bertz CT molecular complexity index is 498. The average molecular weight is 328 g/mol. The minimum absolute atomic E-state index is 0.0243. The van der Waals surface area contributed by atoms with Gasteiger partial charge in [-0.3, -0.25) is 0 Å². The van der Waals surface area contributed by atoms with Gasteiger partial charge < -0.3 is 0 Å². The number of hydrogen-bond acceptors (Lipinski definition) is 4. The molecule has 0 spiro atoms. The quantitative estimate of drug-likeness (QED) is 0.753. The molecule has 0 bridgehead atoms. The summed E-state index contributed by atoms with van der Waals surface area (Å²) >= 11 is 8.83. The number of thiophene rings is 1. The first-order valence-electron chi connectivity index (χ1n) is 5.46. The van der Waals surface area contributed by atoms with Crippen molar-refractivity contribution in [3.8, 4) is 0 Å². The topological polar surface area (TPSA) is 37.4 Å². The van der Waals surface area contributed by atoms with Crippen LogP contribution >= 0.6 is 34.7 Å². The van der Waals surface area contributed by atoms with Crippen LogP contribution in [0.4, 0.5) is 0 Å². The van der Waals surface area contributed by atoms with Crippen LogP contribution in [0.3, 0.4) is 0 Å². The fourth-order valence-corrected chi connectivity index (χ4v) is 5.44. The van der Waals surface area contributed by atoms with Crippen LogP contribution < -0.4 is 0 Å². The van der Waals surface area contributed by atoms with Crippen molar-refractivity contribution in [2.24, 2.45) is 0 Å². The molecule has 0 aliphatic heterocycles. The molecule has 0 aliphatic rings. The van der Waals surface area contributed by atoms with Gasteiger partial charge in [0.1, 0.15) is 0 Å². The predicted molar refractivity (Wildman–Crippen MR) is 81.4 cm³/mol. The van der Waals surface area contributed by atoms with Gasteiger partial charge in [0.25, 0.3) is 0 Å². The van der Waals surface area contributed by atoms with E-state index in [-0.39, 0.29) is 6.04 Å². The largest absolute Gasteiger partial charge is 0.244 e. The SMILES string of the molecule is CSCC(C)N(C)S(=O)(=O)c1cc(CCl)sc1C. The molecule has 0 fully saturated rings. The van der Waals surface area contributed by atoms with Gasteiger partial charge in [-0.05, 0) is 26.2 Å². The molecule has 0 saturated carbocycles. The molecule has 1 aromatic rings. The van der Waals surface area contributed by atoms with E-state index in [1.165, 1.54) is 15.6 Å². The minimum Gasteiger partial charge on any atom is -0.207 e. The van der Waals surface area contributed by atoms with E-state index in [9.17, 15) is 8.42 Å². The fraction of sp³-hybridized carbons (Fsp3) is 0.636. The molecule has 18 heavy (non-hydrogen) atoms. The van der Waals surface area contributed by atoms with Crippen molar-refractivity contribution in [2.75, 3.05) is 19.1 Å². The lowest BCUT2D eigenvalue weighted by molar-refractivity contribution is 0.415. The average Bonchev–Trinajstić information content (AvgIpc) is 2.70. The molecule has 7 heteroatoms. The lowest BCUT2D eigenvalue weighted by atomic mass is 10.4. The summed E-state index contributed by atoms with van der Waals surface area (Å²) in [5.74, 6) is 1.13. The number of hydrogen-bond donors (Lipinski definition) is 0. The summed E-state index contributed by atoms with van der Waals surface area (Å²) in [6.07, 6.45) is 1.97. The van der Waals surface area contributed by atoms with Crippen LogP contribution in [0.2, 0.25) is 0 Å². The number of halogens is 1. The third-order valence-corrected chi connectivity index (χ3v) is 7.28. The van der Waals surface area contributed by atoms with Crippen molar-refractivity contribution < 1.29 is 8.42 Å². The maximum Gasteiger partial charge on any atom is 0.244 e. The third-order valence-electron chi connectivity index (χ3n) is 2.74. The highest BCUT2D eigenvalue weighted by Gasteiger charge is 2.28. The summed E-state index contributed by atoms with van der Waals surface area (Å²) in [7, 11) is -1.78. The van der Waals surface area contributed by atoms with E-state index in [1.807, 2.05) is 20.1 Å². The number of thioether (sulfide) groups is 1. The molecule has 1 unspecified atom stereocenters. The van der Waals surface area contributed by atoms with E-state index in [0.29, 0.717) is 10.8 Å². The van der Waals surface area contributed by atoms with Crippen LogP contribution in [0.25, 0.3) is 0 Å². The van der Waals surface area contributed by atoms with Crippen LogP contribution in [0.15, 0.2) is 11.0 Å². The highest BCUT2D eigenvalue weighted by Crippen LogP contribution is 2.29. The van der Waals surface area contributed by atoms with E-state index in [4.69, 9.17) is 11.6 Å². The molecule has 0 saturated heterocycles. The number of nitrogens with zero attached hydrogens (tertiary/aromatic N) is 1. The van der Waals surface area contributed by atoms with Gasteiger partial charge in [-0.15, -0.1) is 22.9 Å². The van der Waals surface area contributed by atoms with Crippen molar-refractivity contribution in [3.05, 3.63) is 15.8 Å². The van der Waals surface area contributed by atoms with Gasteiger partial charge in [0.15, 0.2) is 0 Å². The van der Waals surface area contributed by atoms with Crippen molar-refractivity contribution in [2.45, 2.75) is 30.7 Å². The Kier molecular flexibility index (Phi) is 5.99. The van der Waals surface area contributed by atoms with Crippen LogP contribution in [0, 0.1) is 6.92 Å². The Balaban J connectivity index is 3.08. The van der Waals surface area contributed by atoms with Crippen molar-refractivity contribution >= 4 is 44.7 Å². The van der Waals surface area contributed by atoms with E-state index < -0.39 is 10.0 Å². The lowest BCUT2D eigenvalue weighted by Gasteiger charge is -2.23. The van der Waals surface area contributed by atoms with E-state index in [1.54, 1.807) is 24.9 Å². The van der Waals surface area contributed by atoms with Crippen LogP contribution in [0.5, 0.6) is 0 Å². The van der Waals surface area contributed by atoms with Gasteiger partial charge in [-0.2, -0.15) is 16.1 Å². The van der Waals surface area contributed by atoms with E-state index >= 15 is 0 Å².